The maximum Gasteiger partial charge on any atom is 0.343 e. The number of hydrogen-bond donors (Lipinski definition) is 0. The van der Waals surface area contributed by atoms with Crippen molar-refractivity contribution in [2.45, 2.75) is 6.54 Å². The number of aromatic nitrogens is 2. The van der Waals surface area contributed by atoms with Crippen molar-refractivity contribution in [1.29, 1.82) is 0 Å². The number of carbonyl (C=O) groups excluding carboxylic acids is 1. The van der Waals surface area contributed by atoms with Crippen molar-refractivity contribution in [2.24, 2.45) is 0 Å². The zero-order valence-electron chi connectivity index (χ0n) is 17.2. The summed E-state index contributed by atoms with van der Waals surface area (Å²) in [4.78, 5) is 17.1. The van der Waals surface area contributed by atoms with Gasteiger partial charge in [0.1, 0.15) is 23.9 Å². The standard InChI is InChI=1S/C26H21ClN2O3/c27-22-13-7-8-14-23(22)31-18-17-29-16-15-28-25(29)19-24(20-9-3-1-4-10-20)32-26(30)21-11-5-2-6-12-21/h1-16,19H,17-18H2/b24-19-. The summed E-state index contributed by atoms with van der Waals surface area (Å²) in [6.07, 6.45) is 5.30. The van der Waals surface area contributed by atoms with Gasteiger partial charge in [0.25, 0.3) is 0 Å². The minimum absolute atomic E-state index is 0.408. The Balaban J connectivity index is 1.54. The van der Waals surface area contributed by atoms with Gasteiger partial charge in [-0.1, -0.05) is 72.3 Å². The number of rotatable bonds is 8. The van der Waals surface area contributed by atoms with Crippen LogP contribution >= 0.6 is 11.6 Å². The van der Waals surface area contributed by atoms with Crippen molar-refractivity contribution in [3.8, 4) is 5.75 Å². The van der Waals surface area contributed by atoms with Gasteiger partial charge >= 0.3 is 5.97 Å². The molecule has 4 rings (SSSR count). The maximum absolute atomic E-state index is 12.7. The lowest BCUT2D eigenvalue weighted by atomic mass is 10.1. The van der Waals surface area contributed by atoms with E-state index in [-0.39, 0.29) is 0 Å². The lowest BCUT2D eigenvalue weighted by Gasteiger charge is -2.12. The molecule has 160 valence electrons. The van der Waals surface area contributed by atoms with Gasteiger partial charge in [0, 0.05) is 24.0 Å². The van der Waals surface area contributed by atoms with Gasteiger partial charge in [-0.25, -0.2) is 9.78 Å². The molecule has 3 aromatic carbocycles. The lowest BCUT2D eigenvalue weighted by molar-refractivity contribution is 0.0693. The summed E-state index contributed by atoms with van der Waals surface area (Å²) in [5.41, 5.74) is 1.25. The van der Waals surface area contributed by atoms with E-state index in [9.17, 15) is 4.79 Å². The Kier molecular flexibility index (Phi) is 7.00. The highest BCUT2D eigenvalue weighted by Crippen LogP contribution is 2.24. The molecule has 0 unspecified atom stereocenters. The second-order valence-electron chi connectivity index (χ2n) is 6.89. The van der Waals surface area contributed by atoms with E-state index in [2.05, 4.69) is 4.98 Å². The first-order valence-corrected chi connectivity index (χ1v) is 10.5. The third kappa shape index (κ3) is 5.45. The number of imidazole rings is 1. The third-order valence-electron chi connectivity index (χ3n) is 4.70. The summed E-state index contributed by atoms with van der Waals surface area (Å²) in [6.45, 7) is 0.956. The first-order valence-electron chi connectivity index (χ1n) is 10.1. The number of esters is 1. The van der Waals surface area contributed by atoms with Crippen LogP contribution in [0.5, 0.6) is 5.75 Å². The molecule has 4 aromatic rings. The average molecular weight is 445 g/mol. The highest BCUT2D eigenvalue weighted by atomic mass is 35.5. The number of benzene rings is 3. The number of carbonyl (C=O) groups is 1. The van der Waals surface area contributed by atoms with Gasteiger partial charge in [0.15, 0.2) is 0 Å². The molecular weight excluding hydrogens is 424 g/mol. The highest BCUT2D eigenvalue weighted by molar-refractivity contribution is 6.32. The Morgan fingerprint density at radius 1 is 0.906 bits per heavy atom. The summed E-state index contributed by atoms with van der Waals surface area (Å²) in [5, 5.41) is 0.567. The van der Waals surface area contributed by atoms with Crippen molar-refractivity contribution in [2.75, 3.05) is 6.61 Å². The second-order valence-corrected chi connectivity index (χ2v) is 7.30. The number of hydrogen-bond acceptors (Lipinski definition) is 4. The van der Waals surface area contributed by atoms with Crippen molar-refractivity contribution in [3.05, 3.63) is 119 Å². The van der Waals surface area contributed by atoms with Crippen LogP contribution in [0.1, 0.15) is 21.7 Å². The van der Waals surface area contributed by atoms with Gasteiger partial charge in [-0.15, -0.1) is 0 Å². The highest BCUT2D eigenvalue weighted by Gasteiger charge is 2.13. The van der Waals surface area contributed by atoms with Crippen LogP contribution in [0.25, 0.3) is 11.8 Å². The minimum Gasteiger partial charge on any atom is -0.490 e. The molecule has 6 heteroatoms. The van der Waals surface area contributed by atoms with Gasteiger partial charge < -0.3 is 14.0 Å². The van der Waals surface area contributed by atoms with Crippen LogP contribution in [0, 0.1) is 0 Å². The van der Waals surface area contributed by atoms with Crippen molar-refractivity contribution >= 4 is 29.4 Å². The zero-order chi connectivity index (χ0) is 22.2. The predicted molar refractivity (Wildman–Crippen MR) is 125 cm³/mol. The van der Waals surface area contributed by atoms with E-state index in [1.807, 2.05) is 65.4 Å². The van der Waals surface area contributed by atoms with Crippen LogP contribution in [0.3, 0.4) is 0 Å². The molecule has 32 heavy (non-hydrogen) atoms. The third-order valence-corrected chi connectivity index (χ3v) is 5.02. The Morgan fingerprint density at radius 3 is 2.28 bits per heavy atom. The Labute approximate surface area is 191 Å². The summed E-state index contributed by atoms with van der Waals surface area (Å²) < 4.78 is 13.5. The molecule has 0 amide bonds. The molecule has 0 fully saturated rings. The molecule has 1 heterocycles. The Hall–Kier alpha value is -3.83. The normalized spacial score (nSPS) is 11.2. The van der Waals surface area contributed by atoms with E-state index >= 15 is 0 Å². The number of nitrogens with zero attached hydrogens (tertiary/aromatic N) is 2. The quantitative estimate of drug-likeness (QED) is 0.248. The number of para-hydroxylation sites is 1. The molecule has 0 saturated carbocycles. The summed E-state index contributed by atoms with van der Waals surface area (Å²) >= 11 is 6.15. The van der Waals surface area contributed by atoms with Crippen LogP contribution < -0.4 is 4.74 Å². The van der Waals surface area contributed by atoms with E-state index in [1.165, 1.54) is 0 Å². The van der Waals surface area contributed by atoms with Gasteiger partial charge in [-0.05, 0) is 24.3 Å². The largest absolute Gasteiger partial charge is 0.490 e. The first-order chi connectivity index (χ1) is 15.7. The second kappa shape index (κ2) is 10.5. The van der Waals surface area contributed by atoms with Crippen LogP contribution in [-0.2, 0) is 11.3 Å². The van der Waals surface area contributed by atoms with Gasteiger partial charge in [0.05, 0.1) is 17.1 Å². The fourth-order valence-corrected chi connectivity index (χ4v) is 3.28. The van der Waals surface area contributed by atoms with E-state index in [4.69, 9.17) is 21.1 Å². The van der Waals surface area contributed by atoms with Crippen LogP contribution in [-0.4, -0.2) is 22.1 Å². The van der Waals surface area contributed by atoms with Gasteiger partial charge in [0.2, 0.25) is 0 Å². The van der Waals surface area contributed by atoms with Crippen LogP contribution in [0.2, 0.25) is 5.02 Å². The molecule has 0 spiro atoms. The summed E-state index contributed by atoms with van der Waals surface area (Å²) in [7, 11) is 0. The Morgan fingerprint density at radius 2 is 1.56 bits per heavy atom. The van der Waals surface area contributed by atoms with E-state index in [1.54, 1.807) is 42.6 Å². The molecule has 5 nitrogen and oxygen atoms in total. The van der Waals surface area contributed by atoms with E-state index in [0.29, 0.717) is 41.1 Å². The smallest absolute Gasteiger partial charge is 0.343 e. The maximum atomic E-state index is 12.7. The number of ether oxygens (including phenoxy) is 2. The molecule has 1 aromatic heterocycles. The molecule has 0 aliphatic rings. The van der Waals surface area contributed by atoms with E-state index < -0.39 is 5.97 Å². The minimum atomic E-state index is -0.430. The van der Waals surface area contributed by atoms with E-state index in [0.717, 1.165) is 5.56 Å². The zero-order valence-corrected chi connectivity index (χ0v) is 18.0. The summed E-state index contributed by atoms with van der Waals surface area (Å²) in [5.74, 6) is 1.26. The van der Waals surface area contributed by atoms with Crippen molar-refractivity contribution < 1.29 is 14.3 Å². The molecular formula is C26H21ClN2O3. The molecule has 0 atom stereocenters. The lowest BCUT2D eigenvalue weighted by Crippen LogP contribution is -2.10. The SMILES string of the molecule is O=C(O/C(=C\c1nccn1CCOc1ccccc1Cl)c1ccccc1)c1ccccc1. The molecule has 0 saturated heterocycles. The fourth-order valence-electron chi connectivity index (χ4n) is 3.09. The number of halogens is 1. The van der Waals surface area contributed by atoms with Crippen molar-refractivity contribution in [1.82, 2.24) is 9.55 Å². The topological polar surface area (TPSA) is 53.3 Å². The molecule has 0 bridgehead atoms. The molecule has 0 aliphatic heterocycles. The molecule has 0 N–H and O–H groups in total. The van der Waals surface area contributed by atoms with Crippen LogP contribution in [0.4, 0.5) is 0 Å². The Bertz CT molecular complexity index is 1200. The van der Waals surface area contributed by atoms with Gasteiger partial charge in [-0.3, -0.25) is 0 Å². The molecule has 0 aliphatic carbocycles. The summed E-state index contributed by atoms with van der Waals surface area (Å²) in [6, 6.07) is 25.7. The molecule has 0 radical (unpaired) electrons. The predicted octanol–water partition coefficient (Wildman–Crippen LogP) is 5.97. The monoisotopic (exact) mass is 444 g/mol. The van der Waals surface area contributed by atoms with Crippen LogP contribution in [0.15, 0.2) is 97.3 Å². The first kappa shape index (κ1) is 21.4. The van der Waals surface area contributed by atoms with Crippen molar-refractivity contribution in [3.63, 3.8) is 0 Å². The average Bonchev–Trinajstić information content (AvgIpc) is 3.28. The van der Waals surface area contributed by atoms with Gasteiger partial charge in [-0.2, -0.15) is 0 Å². The fraction of sp³-hybridized carbons (Fsp3) is 0.0769.